The average molecular weight is 435 g/mol. The first-order valence-corrected chi connectivity index (χ1v) is 9.42. The van der Waals surface area contributed by atoms with E-state index in [0.717, 1.165) is 12.3 Å². The van der Waals surface area contributed by atoms with E-state index in [2.05, 4.69) is 10.1 Å². The van der Waals surface area contributed by atoms with Crippen molar-refractivity contribution >= 4 is 5.97 Å². The number of aromatic nitrogens is 3. The van der Waals surface area contributed by atoms with Crippen molar-refractivity contribution in [3.63, 3.8) is 0 Å². The average Bonchev–Trinajstić information content (AvgIpc) is 3.10. The molecule has 0 aliphatic heterocycles. The van der Waals surface area contributed by atoms with Gasteiger partial charge in [-0.25, -0.2) is 9.67 Å². The molecule has 0 aliphatic rings. The van der Waals surface area contributed by atoms with Crippen molar-refractivity contribution in [1.82, 2.24) is 14.8 Å². The van der Waals surface area contributed by atoms with Crippen LogP contribution < -0.4 is 14.2 Å². The molecule has 0 amide bonds. The molecule has 0 fully saturated rings. The number of alkyl halides is 3. The molecule has 2 aromatic heterocycles. The Labute approximate surface area is 176 Å². The lowest BCUT2D eigenvalue weighted by Crippen LogP contribution is -2.07. The number of carbonyl (C=O) groups is 1. The fourth-order valence-corrected chi connectivity index (χ4v) is 2.70. The Morgan fingerprint density at radius 1 is 1.13 bits per heavy atom. The van der Waals surface area contributed by atoms with Crippen molar-refractivity contribution in [1.29, 1.82) is 0 Å². The Bertz CT molecular complexity index is 1030. The van der Waals surface area contributed by atoms with Crippen LogP contribution in [-0.4, -0.2) is 33.9 Å². The van der Waals surface area contributed by atoms with Crippen LogP contribution in [0.4, 0.5) is 13.2 Å². The standard InChI is InChI=1S/C21H20F3N3O4/c1-3-29-20-15(9-10-30-17-5-4-6-18(11-17)31-14(2)28)13-27(26-20)19-8-7-16(12-25-19)21(22,23)24/h4-8,11-13H,3,9-10H2,1-2H3. The molecule has 0 spiro atoms. The highest BCUT2D eigenvalue weighted by Crippen LogP contribution is 2.29. The summed E-state index contributed by atoms with van der Waals surface area (Å²) in [5, 5.41) is 4.27. The first kappa shape index (κ1) is 22.1. The normalized spacial score (nSPS) is 11.3. The molecular formula is C21H20F3N3O4. The van der Waals surface area contributed by atoms with Crippen molar-refractivity contribution in [3.05, 3.63) is 59.9 Å². The molecule has 3 rings (SSSR count). The van der Waals surface area contributed by atoms with Gasteiger partial charge in [-0.2, -0.15) is 13.2 Å². The molecule has 10 heteroatoms. The predicted molar refractivity (Wildman–Crippen MR) is 104 cm³/mol. The van der Waals surface area contributed by atoms with Crippen molar-refractivity contribution in [3.8, 4) is 23.2 Å². The molecule has 3 aromatic rings. The van der Waals surface area contributed by atoms with Gasteiger partial charge < -0.3 is 14.2 Å². The van der Waals surface area contributed by atoms with Crippen LogP contribution in [0, 0.1) is 0 Å². The number of hydrogen-bond acceptors (Lipinski definition) is 6. The Morgan fingerprint density at radius 3 is 2.55 bits per heavy atom. The topological polar surface area (TPSA) is 75.5 Å². The van der Waals surface area contributed by atoms with Gasteiger partial charge in [0.2, 0.25) is 5.88 Å². The van der Waals surface area contributed by atoms with Crippen LogP contribution >= 0.6 is 0 Å². The molecule has 164 valence electrons. The van der Waals surface area contributed by atoms with Gasteiger partial charge in [-0.1, -0.05) is 6.07 Å². The van der Waals surface area contributed by atoms with Gasteiger partial charge in [0.1, 0.15) is 11.5 Å². The number of rotatable bonds is 8. The number of hydrogen-bond donors (Lipinski definition) is 0. The highest BCUT2D eigenvalue weighted by molar-refractivity contribution is 5.69. The minimum Gasteiger partial charge on any atom is -0.493 e. The summed E-state index contributed by atoms with van der Waals surface area (Å²) in [5.41, 5.74) is -0.127. The Hall–Kier alpha value is -3.56. The third-order valence-corrected chi connectivity index (χ3v) is 4.05. The summed E-state index contributed by atoms with van der Waals surface area (Å²) < 4.78 is 55.8. The number of nitrogens with zero attached hydrogens (tertiary/aromatic N) is 3. The zero-order chi connectivity index (χ0) is 22.4. The third kappa shape index (κ3) is 5.97. The van der Waals surface area contributed by atoms with Gasteiger partial charge in [-0.3, -0.25) is 4.79 Å². The SMILES string of the molecule is CCOc1nn(-c2ccc(C(F)(F)F)cn2)cc1CCOc1cccc(OC(C)=O)c1. The minimum atomic E-state index is -4.46. The van der Waals surface area contributed by atoms with E-state index in [9.17, 15) is 18.0 Å². The van der Waals surface area contributed by atoms with Crippen LogP contribution in [0.3, 0.4) is 0 Å². The number of ether oxygens (including phenoxy) is 3. The predicted octanol–water partition coefficient (Wildman–Crippen LogP) is 4.23. The van der Waals surface area contributed by atoms with Gasteiger partial charge in [-0.05, 0) is 31.2 Å². The number of benzene rings is 1. The molecule has 0 N–H and O–H groups in total. The Balaban J connectivity index is 1.70. The lowest BCUT2D eigenvalue weighted by atomic mass is 10.2. The van der Waals surface area contributed by atoms with Crippen molar-refractivity contribution in [2.75, 3.05) is 13.2 Å². The summed E-state index contributed by atoms with van der Waals surface area (Å²) in [6.07, 6.45) is -1.63. The smallest absolute Gasteiger partial charge is 0.417 e. The second-order valence-electron chi connectivity index (χ2n) is 6.41. The molecule has 0 unspecified atom stereocenters. The molecule has 7 nitrogen and oxygen atoms in total. The van der Waals surface area contributed by atoms with Crippen molar-refractivity contribution in [2.45, 2.75) is 26.4 Å². The van der Waals surface area contributed by atoms with Gasteiger partial charge in [0, 0.05) is 37.4 Å². The van der Waals surface area contributed by atoms with Gasteiger partial charge in [-0.15, -0.1) is 5.10 Å². The molecule has 2 heterocycles. The minimum absolute atomic E-state index is 0.232. The maximum atomic E-state index is 12.7. The molecule has 0 radical (unpaired) electrons. The molecule has 0 bridgehead atoms. The third-order valence-electron chi connectivity index (χ3n) is 4.05. The van der Waals surface area contributed by atoms with E-state index in [4.69, 9.17) is 14.2 Å². The summed E-state index contributed by atoms with van der Waals surface area (Å²) in [6.45, 7) is 3.76. The summed E-state index contributed by atoms with van der Waals surface area (Å²) in [7, 11) is 0. The fourth-order valence-electron chi connectivity index (χ4n) is 2.70. The van der Waals surface area contributed by atoms with E-state index in [-0.39, 0.29) is 12.4 Å². The van der Waals surface area contributed by atoms with Crippen molar-refractivity contribution < 1.29 is 32.2 Å². The molecule has 1 aromatic carbocycles. The van der Waals surface area contributed by atoms with Gasteiger partial charge >= 0.3 is 12.1 Å². The molecule has 0 atom stereocenters. The van der Waals surface area contributed by atoms with Gasteiger partial charge in [0.05, 0.1) is 18.8 Å². The summed E-state index contributed by atoms with van der Waals surface area (Å²) >= 11 is 0. The highest BCUT2D eigenvalue weighted by atomic mass is 19.4. The van der Waals surface area contributed by atoms with E-state index < -0.39 is 17.7 Å². The second-order valence-corrected chi connectivity index (χ2v) is 6.41. The largest absolute Gasteiger partial charge is 0.493 e. The zero-order valence-electron chi connectivity index (χ0n) is 16.8. The lowest BCUT2D eigenvalue weighted by Gasteiger charge is -2.08. The van der Waals surface area contributed by atoms with Crippen LogP contribution in [0.1, 0.15) is 25.0 Å². The van der Waals surface area contributed by atoms with Gasteiger partial charge in [0.25, 0.3) is 0 Å². The highest BCUT2D eigenvalue weighted by Gasteiger charge is 2.30. The van der Waals surface area contributed by atoms with Crippen LogP contribution in [0.2, 0.25) is 0 Å². The van der Waals surface area contributed by atoms with E-state index in [0.29, 0.717) is 36.0 Å². The van der Waals surface area contributed by atoms with Crippen molar-refractivity contribution in [2.24, 2.45) is 0 Å². The molecule has 31 heavy (non-hydrogen) atoms. The Morgan fingerprint density at radius 2 is 1.90 bits per heavy atom. The first-order chi connectivity index (χ1) is 14.8. The molecule has 0 saturated heterocycles. The van der Waals surface area contributed by atoms with Gasteiger partial charge in [0.15, 0.2) is 5.82 Å². The molecule has 0 saturated carbocycles. The zero-order valence-corrected chi connectivity index (χ0v) is 16.8. The van der Waals surface area contributed by atoms with Crippen LogP contribution in [0.5, 0.6) is 17.4 Å². The number of halogens is 3. The summed E-state index contributed by atoms with van der Waals surface area (Å²) in [5.74, 6) is 1.05. The van der Waals surface area contributed by atoms with Crippen LogP contribution in [-0.2, 0) is 17.4 Å². The monoisotopic (exact) mass is 435 g/mol. The van der Waals surface area contributed by atoms with E-state index in [1.54, 1.807) is 37.4 Å². The first-order valence-electron chi connectivity index (χ1n) is 9.42. The Kier molecular flexibility index (Phi) is 6.78. The lowest BCUT2D eigenvalue weighted by molar-refractivity contribution is -0.138. The van der Waals surface area contributed by atoms with Crippen LogP contribution in [0.15, 0.2) is 48.8 Å². The maximum absolute atomic E-state index is 12.7. The summed E-state index contributed by atoms with van der Waals surface area (Å²) in [6, 6.07) is 8.86. The van der Waals surface area contributed by atoms with E-state index in [1.807, 2.05) is 0 Å². The van der Waals surface area contributed by atoms with E-state index >= 15 is 0 Å². The fraction of sp³-hybridized carbons (Fsp3) is 0.286. The maximum Gasteiger partial charge on any atom is 0.417 e. The van der Waals surface area contributed by atoms with E-state index in [1.165, 1.54) is 17.7 Å². The quantitative estimate of drug-likeness (QED) is 0.389. The number of pyridine rings is 1. The number of carbonyl (C=O) groups excluding carboxylic acids is 1. The second kappa shape index (κ2) is 9.50. The summed E-state index contributed by atoms with van der Waals surface area (Å²) in [4.78, 5) is 14.9. The number of esters is 1. The molecular weight excluding hydrogens is 415 g/mol. The van der Waals surface area contributed by atoms with Crippen LogP contribution in [0.25, 0.3) is 5.82 Å². The molecule has 0 aliphatic carbocycles.